The minimum Gasteiger partial charge on any atom is -0.431 e. The smallest absolute Gasteiger partial charge is 0.431 e. The molecule has 62 heavy (non-hydrogen) atoms. The van der Waals surface area contributed by atoms with Gasteiger partial charge in [-0.1, -0.05) is 156 Å². The fourth-order valence-electron chi connectivity index (χ4n) is 7.50. The first-order valence-electron chi connectivity index (χ1n) is 19.9. The van der Waals surface area contributed by atoms with E-state index in [1.54, 1.807) is 0 Å². The van der Waals surface area contributed by atoms with E-state index in [9.17, 15) is 0 Å². The Morgan fingerprint density at radius 1 is 0.258 bits per heavy atom. The zero-order chi connectivity index (χ0) is 41.6. The molecule has 8 nitrogen and oxygen atoms in total. The fraction of sp³-hybridized carbons (Fsp3) is 0. The van der Waals surface area contributed by atoms with Crippen molar-refractivity contribution in [1.29, 1.82) is 0 Å². The SMILES string of the molecule is ClP1(Oc2ccc3ccccc3c2)=NP(Oc2ccc3ccccc3c2)(Oc2ccc3ccccc3c2)=NP(Oc2ccc3ccccc3c2)(Oc2ccc3ccccc3c2)=N1. The van der Waals surface area contributed by atoms with Crippen LogP contribution >= 0.6 is 33.3 Å². The second-order valence-electron chi connectivity index (χ2n) is 14.7. The lowest BCUT2D eigenvalue weighted by molar-refractivity contribution is 0.459. The standard InChI is InChI=1S/C50H35ClN3O5P3/c51-60(55-46-26-21-36-11-1-6-16-41(36)31-46)52-61(56-47-27-22-37-12-2-7-17-42(37)32-47,57-48-28-23-38-13-3-8-18-43(38)33-48)54-62(53-60,58-49-29-24-39-14-4-9-19-44(39)34-49)59-50-30-25-40-15-5-10-20-45(40)35-50/h1-35H. The van der Waals surface area contributed by atoms with Crippen molar-refractivity contribution in [2.45, 2.75) is 0 Å². The van der Waals surface area contributed by atoms with Crippen molar-refractivity contribution in [3.8, 4) is 28.7 Å². The van der Waals surface area contributed by atoms with E-state index in [0.717, 1.165) is 53.9 Å². The molecular weight excluding hydrogens is 851 g/mol. The number of rotatable bonds is 10. The summed E-state index contributed by atoms with van der Waals surface area (Å²) >= 11 is 7.81. The number of nitrogens with zero attached hydrogens (tertiary/aromatic N) is 3. The topological polar surface area (TPSA) is 83.2 Å². The maximum absolute atomic E-state index is 7.81. The number of hydrogen-bond acceptors (Lipinski definition) is 8. The van der Waals surface area contributed by atoms with E-state index in [2.05, 4.69) is 0 Å². The molecule has 10 aromatic carbocycles. The van der Waals surface area contributed by atoms with Gasteiger partial charge in [-0.2, -0.15) is 0 Å². The average Bonchev–Trinajstić information content (AvgIpc) is 3.28. The molecule has 1 aliphatic heterocycles. The Labute approximate surface area is 362 Å². The quantitative estimate of drug-likeness (QED) is 0.128. The molecule has 0 amide bonds. The van der Waals surface area contributed by atoms with Gasteiger partial charge in [0.2, 0.25) is 0 Å². The molecule has 0 aromatic heterocycles. The lowest BCUT2D eigenvalue weighted by Gasteiger charge is -2.31. The van der Waals surface area contributed by atoms with Gasteiger partial charge in [0.25, 0.3) is 0 Å². The van der Waals surface area contributed by atoms with E-state index in [-0.39, 0.29) is 0 Å². The number of halogens is 1. The Hall–Kier alpha value is -6.52. The molecule has 302 valence electrons. The highest BCUT2D eigenvalue weighted by Gasteiger charge is 2.46. The Kier molecular flexibility index (Phi) is 9.75. The summed E-state index contributed by atoms with van der Waals surface area (Å²) in [4.78, 5) is 0. The predicted octanol–water partition coefficient (Wildman–Crippen LogP) is 17.2. The highest BCUT2D eigenvalue weighted by Crippen LogP contribution is 2.80. The summed E-state index contributed by atoms with van der Waals surface area (Å²) in [6.07, 6.45) is 0. The molecule has 12 heteroatoms. The van der Waals surface area contributed by atoms with Crippen LogP contribution in [0.5, 0.6) is 28.7 Å². The number of benzene rings is 10. The Morgan fingerprint density at radius 2 is 0.500 bits per heavy atom. The summed E-state index contributed by atoms with van der Waals surface area (Å²) in [5.74, 6) is 2.27. The normalized spacial score (nSPS) is 16.5. The lowest BCUT2D eigenvalue weighted by Crippen LogP contribution is -2.08. The highest BCUT2D eigenvalue weighted by molar-refractivity contribution is 7.94. The van der Waals surface area contributed by atoms with Crippen LogP contribution in [0.15, 0.2) is 226 Å². The first-order valence-corrected chi connectivity index (χ1v) is 25.5. The van der Waals surface area contributed by atoms with Crippen LogP contribution in [0.1, 0.15) is 0 Å². The van der Waals surface area contributed by atoms with Crippen LogP contribution in [0.2, 0.25) is 0 Å². The lowest BCUT2D eigenvalue weighted by atomic mass is 10.1. The van der Waals surface area contributed by atoms with Gasteiger partial charge >= 0.3 is 22.1 Å². The van der Waals surface area contributed by atoms with Crippen molar-refractivity contribution in [2.75, 3.05) is 0 Å². The van der Waals surface area contributed by atoms with Crippen LogP contribution in [0.25, 0.3) is 53.9 Å². The van der Waals surface area contributed by atoms with Gasteiger partial charge in [-0.25, -0.2) is 0 Å². The van der Waals surface area contributed by atoms with E-state index in [4.69, 9.17) is 47.4 Å². The second kappa shape index (κ2) is 15.7. The highest BCUT2D eigenvalue weighted by atomic mass is 35.7. The monoisotopic (exact) mass is 885 g/mol. The molecule has 0 saturated carbocycles. The van der Waals surface area contributed by atoms with Gasteiger partial charge in [0.05, 0.1) is 0 Å². The van der Waals surface area contributed by atoms with Crippen LogP contribution in [-0.2, 0) is 0 Å². The van der Waals surface area contributed by atoms with Gasteiger partial charge in [-0.05, 0) is 126 Å². The third kappa shape index (κ3) is 7.91. The van der Waals surface area contributed by atoms with Gasteiger partial charge in [-0.15, -0.1) is 9.03 Å². The zero-order valence-corrected chi connectivity index (χ0v) is 36.2. The zero-order valence-electron chi connectivity index (χ0n) is 32.8. The van der Waals surface area contributed by atoms with Crippen molar-refractivity contribution in [3.05, 3.63) is 212 Å². The Bertz CT molecular complexity index is 3230. The molecular formula is C50H35ClN3O5P3. The third-order valence-electron chi connectivity index (χ3n) is 10.4. The summed E-state index contributed by atoms with van der Waals surface area (Å²) in [5.41, 5.74) is 0. The molecule has 0 aliphatic carbocycles. The third-order valence-corrected chi connectivity index (χ3v) is 19.4. The van der Waals surface area contributed by atoms with Gasteiger partial charge in [0.1, 0.15) is 28.7 Å². The maximum Gasteiger partial charge on any atom is 0.459 e. The van der Waals surface area contributed by atoms with Crippen LogP contribution in [0.3, 0.4) is 0 Å². The van der Waals surface area contributed by atoms with Crippen LogP contribution < -0.4 is 22.6 Å². The second-order valence-corrected chi connectivity index (χ2v) is 22.0. The molecule has 0 saturated heterocycles. The van der Waals surface area contributed by atoms with Crippen molar-refractivity contribution < 1.29 is 22.6 Å². The Morgan fingerprint density at radius 3 is 0.790 bits per heavy atom. The summed E-state index contributed by atoms with van der Waals surface area (Å²) in [6, 6.07) is 69.1. The summed E-state index contributed by atoms with van der Waals surface area (Å²) in [5, 5.41) is 9.96. The summed E-state index contributed by atoms with van der Waals surface area (Å²) in [7, 11) is -8.08. The molecule has 0 N–H and O–H groups in total. The first kappa shape index (κ1) is 38.4. The molecule has 0 spiro atoms. The first-order chi connectivity index (χ1) is 30.3. The summed E-state index contributed by atoms with van der Waals surface area (Å²) in [6.45, 7) is -3.92. The van der Waals surface area contributed by atoms with Crippen LogP contribution in [0.4, 0.5) is 0 Å². The molecule has 0 bridgehead atoms. The van der Waals surface area contributed by atoms with Gasteiger partial charge in [-0.3, -0.25) is 0 Å². The largest absolute Gasteiger partial charge is 0.459 e. The molecule has 0 radical (unpaired) electrons. The van der Waals surface area contributed by atoms with Crippen molar-refractivity contribution in [1.82, 2.24) is 0 Å². The molecule has 0 fully saturated rings. The number of fused-ring (bicyclic) bond motifs is 5. The minimum absolute atomic E-state index is 0.449. The summed E-state index contributed by atoms with van der Waals surface area (Å²) < 4.78 is 50.9. The maximum atomic E-state index is 7.81. The van der Waals surface area contributed by atoms with E-state index >= 15 is 0 Å². The van der Waals surface area contributed by atoms with E-state index in [0.29, 0.717) is 28.7 Å². The molecule has 11 rings (SSSR count). The van der Waals surface area contributed by atoms with E-state index in [1.807, 2.05) is 212 Å². The van der Waals surface area contributed by atoms with Crippen LogP contribution in [0, 0.1) is 0 Å². The molecule has 1 unspecified atom stereocenters. The molecule has 1 atom stereocenters. The van der Waals surface area contributed by atoms with Crippen molar-refractivity contribution >= 4 is 87.2 Å². The number of hydrogen-bond donors (Lipinski definition) is 0. The van der Waals surface area contributed by atoms with Crippen molar-refractivity contribution in [3.63, 3.8) is 0 Å². The van der Waals surface area contributed by atoms with E-state index in [1.165, 1.54) is 0 Å². The molecule has 10 aromatic rings. The van der Waals surface area contributed by atoms with Gasteiger partial charge in [0, 0.05) is 0 Å². The minimum atomic E-state index is -4.04. The van der Waals surface area contributed by atoms with E-state index < -0.39 is 22.1 Å². The molecule has 1 aliphatic rings. The Balaban J connectivity index is 1.17. The molecule has 1 heterocycles. The van der Waals surface area contributed by atoms with Crippen molar-refractivity contribution in [2.24, 2.45) is 13.5 Å². The van der Waals surface area contributed by atoms with Gasteiger partial charge < -0.3 is 22.6 Å². The average molecular weight is 886 g/mol. The fourth-order valence-corrected chi connectivity index (χ4v) is 17.5. The van der Waals surface area contributed by atoms with Gasteiger partial charge in [0.15, 0.2) is 0 Å². The van der Waals surface area contributed by atoms with Crippen LogP contribution in [-0.4, -0.2) is 0 Å². The predicted molar refractivity (Wildman–Crippen MR) is 257 cm³/mol.